The van der Waals surface area contributed by atoms with Crippen molar-refractivity contribution in [1.82, 2.24) is 10.3 Å². The standard InChI is InChI=1S/C19H23ClN2O2/c1-12-5-3-7-16(13(12)2)22-18(23)11-24-17-9-8-15(20)14-6-4-10-21-19(14)17/h4,6,8-10,12-13,16H,3,5,7,11H2,1-2H3,(H,22,23)/t12-,13+,16-/m0/s1. The summed E-state index contributed by atoms with van der Waals surface area (Å²) >= 11 is 6.18. The number of fused-ring (bicyclic) bond motifs is 1. The Morgan fingerprint density at radius 1 is 1.33 bits per heavy atom. The smallest absolute Gasteiger partial charge is 0.258 e. The summed E-state index contributed by atoms with van der Waals surface area (Å²) in [5, 5.41) is 4.57. The van der Waals surface area contributed by atoms with Gasteiger partial charge in [-0.25, -0.2) is 0 Å². The number of carbonyl (C=O) groups excluding carboxylic acids is 1. The molecule has 24 heavy (non-hydrogen) atoms. The van der Waals surface area contributed by atoms with Crippen LogP contribution in [0, 0.1) is 11.8 Å². The Hall–Kier alpha value is -1.81. The summed E-state index contributed by atoms with van der Waals surface area (Å²) in [7, 11) is 0. The molecule has 5 heteroatoms. The molecule has 0 saturated heterocycles. The highest BCUT2D eigenvalue weighted by atomic mass is 35.5. The number of benzene rings is 1. The van der Waals surface area contributed by atoms with E-state index in [0.717, 1.165) is 11.8 Å². The zero-order valence-corrected chi connectivity index (χ0v) is 14.8. The van der Waals surface area contributed by atoms with Crippen molar-refractivity contribution in [2.24, 2.45) is 11.8 Å². The fourth-order valence-electron chi connectivity index (χ4n) is 3.41. The molecule has 0 bridgehead atoms. The Balaban J connectivity index is 1.64. The molecule has 4 nitrogen and oxygen atoms in total. The minimum absolute atomic E-state index is 0.00902. The van der Waals surface area contributed by atoms with E-state index in [1.165, 1.54) is 12.8 Å². The normalized spacial score (nSPS) is 23.9. The lowest BCUT2D eigenvalue weighted by Gasteiger charge is -2.34. The largest absolute Gasteiger partial charge is 0.481 e. The molecule has 1 aromatic carbocycles. The molecule has 1 saturated carbocycles. The van der Waals surface area contributed by atoms with Gasteiger partial charge in [0, 0.05) is 17.6 Å². The number of nitrogens with zero attached hydrogens (tertiary/aromatic N) is 1. The van der Waals surface area contributed by atoms with Gasteiger partial charge < -0.3 is 10.1 Å². The molecule has 1 aromatic heterocycles. The molecule has 1 fully saturated rings. The van der Waals surface area contributed by atoms with Gasteiger partial charge in [0.05, 0.1) is 5.02 Å². The second-order valence-corrected chi connectivity index (χ2v) is 7.08. The van der Waals surface area contributed by atoms with Crippen molar-refractivity contribution in [2.45, 2.75) is 39.2 Å². The number of amides is 1. The van der Waals surface area contributed by atoms with E-state index >= 15 is 0 Å². The van der Waals surface area contributed by atoms with Crippen molar-refractivity contribution in [2.75, 3.05) is 6.61 Å². The number of carbonyl (C=O) groups is 1. The maximum Gasteiger partial charge on any atom is 0.258 e. The number of hydrogen-bond acceptors (Lipinski definition) is 3. The van der Waals surface area contributed by atoms with Crippen LogP contribution in [0.25, 0.3) is 10.9 Å². The van der Waals surface area contributed by atoms with Crippen LogP contribution in [0.3, 0.4) is 0 Å². The lowest BCUT2D eigenvalue weighted by atomic mass is 9.78. The lowest BCUT2D eigenvalue weighted by molar-refractivity contribution is -0.124. The average molecular weight is 347 g/mol. The Bertz CT molecular complexity index is 734. The van der Waals surface area contributed by atoms with Crippen molar-refractivity contribution in [3.63, 3.8) is 0 Å². The monoisotopic (exact) mass is 346 g/mol. The van der Waals surface area contributed by atoms with E-state index < -0.39 is 0 Å². The highest BCUT2D eigenvalue weighted by Gasteiger charge is 2.28. The molecule has 1 amide bonds. The number of hydrogen-bond donors (Lipinski definition) is 1. The summed E-state index contributed by atoms with van der Waals surface area (Å²) in [6.45, 7) is 4.46. The number of halogens is 1. The first-order chi connectivity index (χ1) is 11.6. The van der Waals surface area contributed by atoms with Crippen LogP contribution in [0.1, 0.15) is 33.1 Å². The van der Waals surface area contributed by atoms with Gasteiger partial charge in [-0.2, -0.15) is 0 Å². The minimum atomic E-state index is -0.0834. The van der Waals surface area contributed by atoms with Gasteiger partial charge in [-0.1, -0.05) is 38.3 Å². The maximum atomic E-state index is 12.3. The molecule has 0 unspecified atom stereocenters. The van der Waals surface area contributed by atoms with Crippen LogP contribution < -0.4 is 10.1 Å². The molecule has 0 aliphatic heterocycles. The van der Waals surface area contributed by atoms with Crippen molar-refractivity contribution in [3.05, 3.63) is 35.5 Å². The van der Waals surface area contributed by atoms with Crippen molar-refractivity contribution in [3.8, 4) is 5.75 Å². The Morgan fingerprint density at radius 2 is 2.17 bits per heavy atom. The topological polar surface area (TPSA) is 51.2 Å². The number of pyridine rings is 1. The van der Waals surface area contributed by atoms with Gasteiger partial charge in [-0.3, -0.25) is 9.78 Å². The molecule has 1 aliphatic carbocycles. The third-order valence-corrected chi connectivity index (χ3v) is 5.42. The van der Waals surface area contributed by atoms with Gasteiger partial charge in [0.15, 0.2) is 6.61 Å². The molecule has 1 aliphatic rings. The van der Waals surface area contributed by atoms with Crippen LogP contribution in [0.15, 0.2) is 30.5 Å². The lowest BCUT2D eigenvalue weighted by Crippen LogP contribution is -2.45. The van der Waals surface area contributed by atoms with E-state index in [4.69, 9.17) is 16.3 Å². The average Bonchev–Trinajstić information content (AvgIpc) is 2.59. The predicted molar refractivity (Wildman–Crippen MR) is 96.4 cm³/mol. The first-order valence-corrected chi connectivity index (χ1v) is 8.89. The number of ether oxygens (including phenoxy) is 1. The first kappa shape index (κ1) is 17.0. The minimum Gasteiger partial charge on any atom is -0.481 e. The SMILES string of the molecule is C[C@H]1[C@@H](NC(=O)COc2ccc(Cl)c3cccnc23)CCC[C@@H]1C. The molecule has 128 valence electrons. The van der Waals surface area contributed by atoms with Gasteiger partial charge in [0.25, 0.3) is 5.91 Å². The van der Waals surface area contributed by atoms with E-state index in [-0.39, 0.29) is 18.6 Å². The molecule has 3 atom stereocenters. The summed E-state index contributed by atoms with van der Waals surface area (Å²) in [6, 6.07) is 7.49. The van der Waals surface area contributed by atoms with E-state index in [2.05, 4.69) is 24.1 Å². The fourth-order valence-corrected chi connectivity index (χ4v) is 3.62. The molecule has 0 spiro atoms. The molecule has 2 aromatic rings. The Morgan fingerprint density at radius 3 is 3.00 bits per heavy atom. The molecular weight excluding hydrogens is 324 g/mol. The third-order valence-electron chi connectivity index (χ3n) is 5.09. The summed E-state index contributed by atoms with van der Waals surface area (Å²) < 4.78 is 5.71. The van der Waals surface area contributed by atoms with E-state index in [0.29, 0.717) is 28.1 Å². The predicted octanol–water partition coefficient (Wildman–Crippen LogP) is 4.21. The summed E-state index contributed by atoms with van der Waals surface area (Å²) in [4.78, 5) is 16.6. The molecule has 1 heterocycles. The Labute approximate surface area is 147 Å². The first-order valence-electron chi connectivity index (χ1n) is 8.51. The van der Waals surface area contributed by atoms with Gasteiger partial charge in [0.1, 0.15) is 11.3 Å². The number of aromatic nitrogens is 1. The zero-order valence-electron chi connectivity index (χ0n) is 14.1. The van der Waals surface area contributed by atoms with Gasteiger partial charge in [0.2, 0.25) is 0 Å². The molecular formula is C19H23ClN2O2. The van der Waals surface area contributed by atoms with E-state index in [9.17, 15) is 4.79 Å². The van der Waals surface area contributed by atoms with Crippen LogP contribution in [0.5, 0.6) is 5.75 Å². The summed E-state index contributed by atoms with van der Waals surface area (Å²) in [5.74, 6) is 1.64. The highest BCUT2D eigenvalue weighted by Crippen LogP contribution is 2.30. The molecule has 0 radical (unpaired) electrons. The maximum absolute atomic E-state index is 12.3. The number of nitrogens with one attached hydrogen (secondary N) is 1. The van der Waals surface area contributed by atoms with Gasteiger partial charge >= 0.3 is 0 Å². The second-order valence-electron chi connectivity index (χ2n) is 6.68. The van der Waals surface area contributed by atoms with Crippen molar-refractivity contribution >= 4 is 28.4 Å². The van der Waals surface area contributed by atoms with Crippen LogP contribution >= 0.6 is 11.6 Å². The van der Waals surface area contributed by atoms with Gasteiger partial charge in [-0.15, -0.1) is 0 Å². The van der Waals surface area contributed by atoms with Crippen molar-refractivity contribution in [1.29, 1.82) is 0 Å². The summed E-state index contributed by atoms with van der Waals surface area (Å²) in [5.41, 5.74) is 0.678. The molecule has 3 rings (SSSR count). The van der Waals surface area contributed by atoms with Crippen molar-refractivity contribution < 1.29 is 9.53 Å². The van der Waals surface area contributed by atoms with Crippen LogP contribution in [0.4, 0.5) is 0 Å². The van der Waals surface area contributed by atoms with Crippen LogP contribution in [0.2, 0.25) is 5.02 Å². The van der Waals surface area contributed by atoms with Gasteiger partial charge in [-0.05, 0) is 42.5 Å². The third kappa shape index (κ3) is 3.64. The second kappa shape index (κ2) is 7.39. The van der Waals surface area contributed by atoms with Crippen LogP contribution in [-0.4, -0.2) is 23.5 Å². The highest BCUT2D eigenvalue weighted by molar-refractivity contribution is 6.35. The fraction of sp³-hybridized carbons (Fsp3) is 0.474. The summed E-state index contributed by atoms with van der Waals surface area (Å²) in [6.07, 6.45) is 5.15. The van der Waals surface area contributed by atoms with E-state index in [1.807, 2.05) is 12.1 Å². The Kier molecular flexibility index (Phi) is 5.24. The van der Waals surface area contributed by atoms with E-state index in [1.54, 1.807) is 18.3 Å². The quantitative estimate of drug-likeness (QED) is 0.902. The van der Waals surface area contributed by atoms with Crippen LogP contribution in [-0.2, 0) is 4.79 Å². The zero-order chi connectivity index (χ0) is 17.1. The molecule has 1 N–H and O–H groups in total. The number of rotatable bonds is 4.